The van der Waals surface area contributed by atoms with Crippen LogP contribution in [-0.2, 0) is 0 Å². The highest BCUT2D eigenvalue weighted by atomic mass is 16.5. The molecule has 0 spiro atoms. The number of nitrogens with two attached hydrogens (primary N) is 2. The maximum absolute atomic E-state index is 12.7. The highest BCUT2D eigenvalue weighted by Crippen LogP contribution is 2.26. The Morgan fingerprint density at radius 1 is 1.29 bits per heavy atom. The molecule has 8 heteroatoms. The van der Waals surface area contributed by atoms with Crippen LogP contribution < -0.4 is 16.5 Å². The summed E-state index contributed by atoms with van der Waals surface area (Å²) in [5.41, 5.74) is 7.16. The molecule has 3 saturated heterocycles. The van der Waals surface area contributed by atoms with Gasteiger partial charge in [0.2, 0.25) is 17.4 Å². The third-order valence-corrected chi connectivity index (χ3v) is 5.93. The van der Waals surface area contributed by atoms with Gasteiger partial charge in [-0.05, 0) is 19.8 Å². The number of piperidine rings is 1. The molecule has 8 nitrogen and oxygen atoms in total. The van der Waals surface area contributed by atoms with E-state index >= 15 is 0 Å². The Bertz CT molecular complexity index is 862. The number of benzene rings is 1. The summed E-state index contributed by atoms with van der Waals surface area (Å²) in [4.78, 5) is 31.9. The van der Waals surface area contributed by atoms with Crippen LogP contribution in [0.15, 0.2) is 40.7 Å². The van der Waals surface area contributed by atoms with Crippen LogP contribution in [0.1, 0.15) is 46.9 Å². The van der Waals surface area contributed by atoms with Crippen molar-refractivity contribution in [3.63, 3.8) is 0 Å². The summed E-state index contributed by atoms with van der Waals surface area (Å²) < 4.78 is 0. The van der Waals surface area contributed by atoms with E-state index in [9.17, 15) is 14.8 Å². The minimum absolute atomic E-state index is 0.0833. The van der Waals surface area contributed by atoms with Gasteiger partial charge in [0, 0.05) is 48.8 Å². The lowest BCUT2D eigenvalue weighted by Gasteiger charge is -2.50. The summed E-state index contributed by atoms with van der Waals surface area (Å²) >= 11 is 0. The predicted molar refractivity (Wildman–Crippen MR) is 103 cm³/mol. The van der Waals surface area contributed by atoms with Gasteiger partial charge in [0.1, 0.15) is 11.4 Å². The van der Waals surface area contributed by atoms with Gasteiger partial charge in [-0.3, -0.25) is 14.5 Å². The first kappa shape index (κ1) is 18.9. The second-order valence-electron chi connectivity index (χ2n) is 7.84. The maximum Gasteiger partial charge on any atom is 0.232 e. The molecule has 4 aliphatic rings. The zero-order valence-electron chi connectivity index (χ0n) is 15.9. The molecule has 0 aromatic heterocycles. The highest BCUT2D eigenvalue weighted by Gasteiger charge is 2.38. The van der Waals surface area contributed by atoms with Gasteiger partial charge < -0.3 is 11.1 Å². The first-order valence-corrected chi connectivity index (χ1v) is 9.71. The average Bonchev–Trinajstić information content (AvgIpc) is 2.71. The molecule has 0 saturated carbocycles. The van der Waals surface area contributed by atoms with E-state index in [4.69, 9.17) is 5.73 Å². The smallest absolute Gasteiger partial charge is 0.232 e. The molecular weight excluding hydrogens is 358 g/mol. The number of hydroxylamine groups is 1. The molecule has 1 aliphatic carbocycles. The number of rotatable bonds is 5. The Morgan fingerprint density at radius 2 is 1.89 bits per heavy atom. The number of fused-ring (bicyclic) bond motifs is 3. The highest BCUT2D eigenvalue weighted by molar-refractivity contribution is 6.26. The number of nitrogens with zero attached hydrogens (tertiary/aromatic N) is 2. The molecule has 0 amide bonds. The minimum Gasteiger partial charge on any atom is -0.394 e. The summed E-state index contributed by atoms with van der Waals surface area (Å²) in [6, 6.07) is 8.10. The van der Waals surface area contributed by atoms with Crippen LogP contribution in [0.3, 0.4) is 0 Å². The summed E-state index contributed by atoms with van der Waals surface area (Å²) in [5.74, 6) is -0.437. The quantitative estimate of drug-likeness (QED) is 0.317. The number of allylic oxidation sites excluding steroid dienone is 2. The van der Waals surface area contributed by atoms with E-state index in [1.54, 1.807) is 24.3 Å². The standard InChI is InChI=1S/C20H25N5O3/c1-11(25-9-12-8-13(10-25)22-12)6-7-16(24-28)23-18-17(21)19(26)14-4-2-3-5-15(14)20(18)27/h2-5,11-13,22,28H,6-10,21H2,1H3,(H,23,24)/p+1. The number of aliphatic imine (C=N–C) groups is 1. The Morgan fingerprint density at radius 3 is 2.50 bits per heavy atom. The molecule has 3 fully saturated rings. The van der Waals surface area contributed by atoms with Crippen molar-refractivity contribution in [2.75, 3.05) is 13.1 Å². The fourth-order valence-corrected chi connectivity index (χ4v) is 4.23. The maximum atomic E-state index is 12.7. The number of ketones is 2. The first-order chi connectivity index (χ1) is 13.5. The number of carbonyl (C=O) groups excluding carboxylic acids is 2. The van der Waals surface area contributed by atoms with Gasteiger partial charge in [0.05, 0.1) is 0 Å². The molecule has 3 atom stereocenters. The van der Waals surface area contributed by atoms with Gasteiger partial charge >= 0.3 is 0 Å². The number of piperazine rings is 1. The van der Waals surface area contributed by atoms with Gasteiger partial charge in [-0.25, -0.2) is 5.21 Å². The van der Waals surface area contributed by atoms with Crippen LogP contribution in [0.2, 0.25) is 0 Å². The predicted octanol–water partition coefficient (Wildman–Crippen LogP) is -0.198. The van der Waals surface area contributed by atoms with Crippen molar-refractivity contribution in [3.8, 4) is 0 Å². The number of carbonyl (C=O) groups is 2. The molecule has 1 aromatic carbocycles. The van der Waals surface area contributed by atoms with Gasteiger partial charge in [0.15, 0.2) is 0 Å². The molecule has 2 bridgehead atoms. The number of Topliss-reactive ketones (excluding diaryl/α,β-unsaturated/α-hetero) is 2. The van der Waals surface area contributed by atoms with Gasteiger partial charge in [-0.15, -0.1) is 0 Å². The summed E-state index contributed by atoms with van der Waals surface area (Å²) in [6.45, 7) is 4.24. The van der Waals surface area contributed by atoms with E-state index in [0.717, 1.165) is 25.0 Å². The van der Waals surface area contributed by atoms with Crippen molar-refractivity contribution < 1.29 is 20.3 Å². The van der Waals surface area contributed by atoms with Crippen molar-refractivity contribution in [1.29, 1.82) is 0 Å². The van der Waals surface area contributed by atoms with Crippen LogP contribution in [0.5, 0.6) is 0 Å². The summed E-state index contributed by atoms with van der Waals surface area (Å²) in [6.07, 6.45) is 2.55. The Hall–Kier alpha value is -2.39. The van der Waals surface area contributed by atoms with Crippen LogP contribution in [-0.4, -0.2) is 58.7 Å². The van der Waals surface area contributed by atoms with Crippen LogP contribution in [0, 0.1) is 0 Å². The normalized spacial score (nSPS) is 26.1. The molecule has 0 radical (unpaired) electrons. The number of amidine groups is 1. The van der Waals surface area contributed by atoms with Crippen molar-refractivity contribution in [2.24, 2.45) is 10.7 Å². The molecule has 148 valence electrons. The fraction of sp³-hybridized carbons (Fsp3) is 0.450. The molecule has 5 rings (SSSR count). The van der Waals surface area contributed by atoms with Gasteiger partial charge in [0.25, 0.3) is 0 Å². The lowest BCUT2D eigenvalue weighted by molar-refractivity contribution is -0.803. The lowest BCUT2D eigenvalue weighted by Crippen LogP contribution is -2.84. The van der Waals surface area contributed by atoms with Gasteiger partial charge in [-0.1, -0.05) is 24.3 Å². The van der Waals surface area contributed by atoms with Crippen molar-refractivity contribution >= 4 is 17.4 Å². The molecular formula is C20H26N5O3+. The van der Waals surface area contributed by atoms with E-state index in [1.165, 1.54) is 6.42 Å². The number of hydrogen-bond donors (Lipinski definition) is 4. The summed E-state index contributed by atoms with van der Waals surface area (Å²) in [5, 5.41) is 13.1. The molecule has 6 N–H and O–H groups in total. The largest absolute Gasteiger partial charge is 0.394 e. The zero-order chi connectivity index (χ0) is 19.8. The Balaban J connectivity index is 1.47. The SMILES string of the molecule is CC(CCC(=NC1=C(N)C(=O)c2ccccc2C1=O)[NH2+]O)N1CC2CC(C1)N2. The topological polar surface area (TPSA) is 125 Å². The van der Waals surface area contributed by atoms with Crippen molar-refractivity contribution in [3.05, 3.63) is 46.8 Å². The third kappa shape index (κ3) is 3.40. The second kappa shape index (κ2) is 7.56. The molecule has 1 aromatic rings. The fourth-order valence-electron chi connectivity index (χ4n) is 4.23. The third-order valence-electron chi connectivity index (χ3n) is 5.93. The molecule has 3 unspecified atom stereocenters. The van der Waals surface area contributed by atoms with Crippen molar-refractivity contribution in [2.45, 2.75) is 44.3 Å². The molecule has 28 heavy (non-hydrogen) atoms. The number of quaternary nitrogens is 1. The van der Waals surface area contributed by atoms with E-state index < -0.39 is 5.78 Å². The monoisotopic (exact) mass is 384 g/mol. The number of hydrogen-bond acceptors (Lipinski definition) is 7. The van der Waals surface area contributed by atoms with E-state index in [1.807, 2.05) is 0 Å². The van der Waals surface area contributed by atoms with Crippen molar-refractivity contribution in [1.82, 2.24) is 10.2 Å². The minimum atomic E-state index is -0.403. The lowest BCUT2D eigenvalue weighted by atomic mass is 9.90. The van der Waals surface area contributed by atoms with Crippen LogP contribution in [0.4, 0.5) is 0 Å². The Labute approximate surface area is 163 Å². The van der Waals surface area contributed by atoms with Gasteiger partial charge in [-0.2, -0.15) is 10.5 Å². The molecule has 3 heterocycles. The molecule has 3 aliphatic heterocycles. The van der Waals surface area contributed by atoms with E-state index in [2.05, 4.69) is 22.1 Å². The second-order valence-corrected chi connectivity index (χ2v) is 7.84. The summed E-state index contributed by atoms with van der Waals surface area (Å²) in [7, 11) is 0. The van der Waals surface area contributed by atoms with E-state index in [0.29, 0.717) is 41.5 Å². The van der Waals surface area contributed by atoms with Crippen LogP contribution >= 0.6 is 0 Å². The van der Waals surface area contributed by atoms with Crippen LogP contribution in [0.25, 0.3) is 0 Å². The number of nitrogens with one attached hydrogen (secondary N) is 1. The zero-order valence-corrected chi connectivity index (χ0v) is 15.9. The van der Waals surface area contributed by atoms with E-state index in [-0.39, 0.29) is 17.2 Å². The average molecular weight is 384 g/mol. The Kier molecular flexibility index (Phi) is 5.11. The first-order valence-electron chi connectivity index (χ1n) is 9.71.